The molecule has 88 valence electrons. The van der Waals surface area contributed by atoms with Crippen LogP contribution in [0.4, 0.5) is 0 Å². The molecular formula is C17H20. The van der Waals surface area contributed by atoms with Crippen molar-refractivity contribution in [2.75, 3.05) is 0 Å². The molecule has 0 heteroatoms. The van der Waals surface area contributed by atoms with Crippen LogP contribution in [0.5, 0.6) is 0 Å². The minimum absolute atomic E-state index is 0.967. The maximum atomic E-state index is 2.49. The summed E-state index contributed by atoms with van der Waals surface area (Å²) in [6.07, 6.45) is 9.93. The van der Waals surface area contributed by atoms with Gasteiger partial charge in [0, 0.05) is 0 Å². The zero-order valence-electron chi connectivity index (χ0n) is 10.3. The van der Waals surface area contributed by atoms with Gasteiger partial charge in [-0.1, -0.05) is 42.0 Å². The smallest absolute Gasteiger partial charge is 0.0140 e. The summed E-state index contributed by atoms with van der Waals surface area (Å²) in [4.78, 5) is 0. The first-order chi connectivity index (χ1) is 8.42. The van der Waals surface area contributed by atoms with Crippen molar-refractivity contribution < 1.29 is 0 Å². The lowest BCUT2D eigenvalue weighted by Crippen LogP contribution is -2.17. The second kappa shape index (κ2) is 3.73. The third-order valence-electron chi connectivity index (χ3n) is 5.43. The molecule has 0 amide bonds. The van der Waals surface area contributed by atoms with Crippen molar-refractivity contribution in [2.24, 2.45) is 23.7 Å². The number of allylic oxidation sites excluding steroid dienone is 1. The van der Waals surface area contributed by atoms with Crippen LogP contribution in [0.2, 0.25) is 0 Å². The van der Waals surface area contributed by atoms with Crippen LogP contribution in [-0.4, -0.2) is 0 Å². The predicted molar refractivity (Wildman–Crippen MR) is 71.5 cm³/mol. The van der Waals surface area contributed by atoms with Gasteiger partial charge in [-0.3, -0.25) is 0 Å². The van der Waals surface area contributed by atoms with Gasteiger partial charge in [0.2, 0.25) is 0 Å². The van der Waals surface area contributed by atoms with Gasteiger partial charge in [-0.2, -0.15) is 0 Å². The van der Waals surface area contributed by atoms with E-state index >= 15 is 0 Å². The highest BCUT2D eigenvalue weighted by molar-refractivity contribution is 5.54. The van der Waals surface area contributed by atoms with E-state index in [9.17, 15) is 0 Å². The summed E-state index contributed by atoms with van der Waals surface area (Å²) in [6.45, 7) is 0. The van der Waals surface area contributed by atoms with Crippen LogP contribution in [0.15, 0.2) is 35.9 Å². The molecule has 1 aromatic rings. The monoisotopic (exact) mass is 224 g/mol. The van der Waals surface area contributed by atoms with E-state index in [2.05, 4.69) is 36.4 Å². The van der Waals surface area contributed by atoms with Gasteiger partial charge in [0.25, 0.3) is 0 Å². The van der Waals surface area contributed by atoms with Crippen LogP contribution < -0.4 is 0 Å². The molecule has 0 heterocycles. The summed E-state index contributed by atoms with van der Waals surface area (Å²) in [7, 11) is 0. The number of benzene rings is 1. The first kappa shape index (κ1) is 9.94. The SMILES string of the molecule is C(=C1\CCC2C3CCC(C3)C12)/c1ccccc1. The molecule has 3 fully saturated rings. The summed E-state index contributed by atoms with van der Waals surface area (Å²) < 4.78 is 0. The van der Waals surface area contributed by atoms with Crippen LogP contribution in [0.1, 0.15) is 37.7 Å². The maximum absolute atomic E-state index is 2.49. The minimum atomic E-state index is 0.967. The second-order valence-electron chi connectivity index (χ2n) is 6.19. The van der Waals surface area contributed by atoms with E-state index in [0.717, 1.165) is 23.7 Å². The fraction of sp³-hybridized carbons (Fsp3) is 0.529. The molecule has 4 rings (SSSR count). The average Bonchev–Trinajstić information content (AvgIpc) is 3.03. The van der Waals surface area contributed by atoms with E-state index < -0.39 is 0 Å². The molecule has 2 bridgehead atoms. The third kappa shape index (κ3) is 1.50. The summed E-state index contributed by atoms with van der Waals surface area (Å²) in [6, 6.07) is 10.9. The summed E-state index contributed by atoms with van der Waals surface area (Å²) >= 11 is 0. The zero-order chi connectivity index (χ0) is 11.2. The van der Waals surface area contributed by atoms with Crippen LogP contribution in [0.3, 0.4) is 0 Å². The molecule has 0 spiro atoms. The minimum Gasteiger partial charge on any atom is -0.0659 e. The second-order valence-corrected chi connectivity index (χ2v) is 6.19. The quantitative estimate of drug-likeness (QED) is 0.657. The molecule has 1 aromatic carbocycles. The van der Waals surface area contributed by atoms with Gasteiger partial charge in [0.1, 0.15) is 0 Å². The van der Waals surface area contributed by atoms with E-state index in [1.54, 1.807) is 12.0 Å². The highest BCUT2D eigenvalue weighted by Crippen LogP contribution is 2.60. The molecule has 0 aliphatic heterocycles. The largest absolute Gasteiger partial charge is 0.0659 e. The van der Waals surface area contributed by atoms with E-state index in [4.69, 9.17) is 0 Å². The van der Waals surface area contributed by atoms with Crippen LogP contribution in [-0.2, 0) is 0 Å². The van der Waals surface area contributed by atoms with Crippen LogP contribution in [0, 0.1) is 23.7 Å². The van der Waals surface area contributed by atoms with Crippen molar-refractivity contribution in [1.82, 2.24) is 0 Å². The van der Waals surface area contributed by atoms with Gasteiger partial charge < -0.3 is 0 Å². The Morgan fingerprint density at radius 3 is 2.65 bits per heavy atom. The molecule has 0 N–H and O–H groups in total. The van der Waals surface area contributed by atoms with E-state index in [0.29, 0.717) is 0 Å². The van der Waals surface area contributed by atoms with Gasteiger partial charge in [-0.25, -0.2) is 0 Å². The molecule has 17 heavy (non-hydrogen) atoms. The molecule has 3 aliphatic rings. The Kier molecular flexibility index (Phi) is 2.18. The zero-order valence-corrected chi connectivity index (χ0v) is 10.3. The molecule has 0 aromatic heterocycles. The van der Waals surface area contributed by atoms with Crippen molar-refractivity contribution in [3.8, 4) is 0 Å². The first-order valence-electron chi connectivity index (χ1n) is 7.17. The Morgan fingerprint density at radius 1 is 0.941 bits per heavy atom. The van der Waals surface area contributed by atoms with Gasteiger partial charge >= 0.3 is 0 Å². The third-order valence-corrected chi connectivity index (χ3v) is 5.43. The Hall–Kier alpha value is -1.04. The van der Waals surface area contributed by atoms with Crippen molar-refractivity contribution >= 4 is 6.08 Å². The molecule has 3 saturated carbocycles. The predicted octanol–water partition coefficient (Wildman–Crippen LogP) is 4.53. The average molecular weight is 224 g/mol. The topological polar surface area (TPSA) is 0 Å². The standard InChI is InChI=1S/C17H20/c1-2-4-12(5-3-1)10-14-8-9-16-13-6-7-15(11-13)17(14)16/h1-5,10,13,15-17H,6-9,11H2/b14-10-. The van der Waals surface area contributed by atoms with Crippen LogP contribution in [0.25, 0.3) is 6.08 Å². The van der Waals surface area contributed by atoms with E-state index in [-0.39, 0.29) is 0 Å². The fourth-order valence-corrected chi connectivity index (χ4v) is 4.84. The number of rotatable bonds is 1. The molecule has 3 aliphatic carbocycles. The van der Waals surface area contributed by atoms with Crippen molar-refractivity contribution in [2.45, 2.75) is 32.1 Å². The summed E-state index contributed by atoms with van der Waals surface area (Å²) in [5.41, 5.74) is 3.18. The maximum Gasteiger partial charge on any atom is -0.0140 e. The molecule has 0 saturated heterocycles. The Labute approximate surface area is 104 Å². The Morgan fingerprint density at radius 2 is 1.76 bits per heavy atom. The van der Waals surface area contributed by atoms with Crippen molar-refractivity contribution in [1.29, 1.82) is 0 Å². The van der Waals surface area contributed by atoms with Crippen molar-refractivity contribution in [3.63, 3.8) is 0 Å². The molecule has 4 atom stereocenters. The first-order valence-corrected chi connectivity index (χ1v) is 7.17. The van der Waals surface area contributed by atoms with Gasteiger partial charge in [0.15, 0.2) is 0 Å². The molecule has 4 unspecified atom stereocenters. The number of hydrogen-bond donors (Lipinski definition) is 0. The normalized spacial score (nSPS) is 41.1. The van der Waals surface area contributed by atoms with E-state index in [1.165, 1.54) is 31.2 Å². The van der Waals surface area contributed by atoms with Crippen molar-refractivity contribution in [3.05, 3.63) is 41.5 Å². The Bertz CT molecular complexity index is 442. The van der Waals surface area contributed by atoms with Crippen LogP contribution >= 0.6 is 0 Å². The fourth-order valence-electron chi connectivity index (χ4n) is 4.84. The molecule has 0 radical (unpaired) electrons. The lowest BCUT2D eigenvalue weighted by atomic mass is 9.80. The Balaban J connectivity index is 1.66. The van der Waals surface area contributed by atoms with Gasteiger partial charge in [0.05, 0.1) is 0 Å². The highest BCUT2D eigenvalue weighted by Gasteiger charge is 2.50. The number of fused-ring (bicyclic) bond motifs is 5. The lowest BCUT2D eigenvalue weighted by molar-refractivity contribution is 0.284. The summed E-state index contributed by atoms with van der Waals surface area (Å²) in [5.74, 6) is 4.16. The molecule has 0 nitrogen and oxygen atoms in total. The van der Waals surface area contributed by atoms with E-state index in [1.807, 2.05) is 0 Å². The van der Waals surface area contributed by atoms with Gasteiger partial charge in [-0.15, -0.1) is 0 Å². The molecular weight excluding hydrogens is 204 g/mol. The van der Waals surface area contributed by atoms with Gasteiger partial charge in [-0.05, 0) is 61.3 Å². The lowest BCUT2D eigenvalue weighted by Gasteiger charge is -2.25. The number of hydrogen-bond acceptors (Lipinski definition) is 0. The highest BCUT2D eigenvalue weighted by atomic mass is 14.6. The summed E-state index contributed by atoms with van der Waals surface area (Å²) in [5, 5.41) is 0.